The number of nitrogens with zero attached hydrogens (tertiary/aromatic N) is 2. The molecule has 1 N–H and O–H groups in total. The first-order valence-corrected chi connectivity index (χ1v) is 8.48. The van der Waals surface area contributed by atoms with Gasteiger partial charge in [-0.15, -0.1) is 0 Å². The second-order valence-corrected chi connectivity index (χ2v) is 6.57. The zero-order chi connectivity index (χ0) is 14.4. The molecule has 0 spiro atoms. The first kappa shape index (κ1) is 15.6. The molecule has 1 heterocycles. The van der Waals surface area contributed by atoms with Crippen molar-refractivity contribution in [2.45, 2.75) is 77.8 Å². The molecule has 1 fully saturated rings. The SMILES string of the molecule is CCCNC(CCc1ccn(C2CCCC2)n1)C(C)C. The maximum Gasteiger partial charge on any atom is 0.0625 e. The van der Waals surface area contributed by atoms with Crippen LogP contribution in [0.2, 0.25) is 0 Å². The normalized spacial score (nSPS) is 18.0. The van der Waals surface area contributed by atoms with Crippen molar-refractivity contribution in [2.75, 3.05) is 6.54 Å². The van der Waals surface area contributed by atoms with Gasteiger partial charge in [0, 0.05) is 12.2 Å². The first-order valence-electron chi connectivity index (χ1n) is 8.48. The number of hydrogen-bond acceptors (Lipinski definition) is 2. The Bertz CT molecular complexity index is 377. The number of aromatic nitrogens is 2. The molecule has 20 heavy (non-hydrogen) atoms. The standard InChI is InChI=1S/C17H31N3/c1-4-12-18-17(14(2)3)10-9-15-11-13-20(19-15)16-7-5-6-8-16/h11,13-14,16-18H,4-10,12H2,1-3H3. The highest BCUT2D eigenvalue weighted by Crippen LogP contribution is 2.28. The predicted octanol–water partition coefficient (Wildman–Crippen LogP) is 3.96. The van der Waals surface area contributed by atoms with E-state index in [1.807, 2.05) is 0 Å². The molecular weight excluding hydrogens is 246 g/mol. The molecule has 1 aliphatic rings. The maximum absolute atomic E-state index is 4.79. The van der Waals surface area contributed by atoms with Gasteiger partial charge in [0.15, 0.2) is 0 Å². The van der Waals surface area contributed by atoms with Crippen LogP contribution in [0.15, 0.2) is 12.3 Å². The molecule has 114 valence electrons. The van der Waals surface area contributed by atoms with Crippen molar-refractivity contribution in [1.29, 1.82) is 0 Å². The minimum absolute atomic E-state index is 0.617. The van der Waals surface area contributed by atoms with Crippen LogP contribution in [0.5, 0.6) is 0 Å². The average Bonchev–Trinajstić information content (AvgIpc) is 3.09. The molecule has 3 heteroatoms. The van der Waals surface area contributed by atoms with Gasteiger partial charge in [-0.25, -0.2) is 0 Å². The van der Waals surface area contributed by atoms with E-state index >= 15 is 0 Å². The summed E-state index contributed by atoms with van der Waals surface area (Å²) in [7, 11) is 0. The van der Waals surface area contributed by atoms with Crippen LogP contribution in [-0.4, -0.2) is 22.4 Å². The Hall–Kier alpha value is -0.830. The van der Waals surface area contributed by atoms with Gasteiger partial charge in [0.1, 0.15) is 0 Å². The van der Waals surface area contributed by atoms with Crippen molar-refractivity contribution in [3.8, 4) is 0 Å². The smallest absolute Gasteiger partial charge is 0.0625 e. The summed E-state index contributed by atoms with van der Waals surface area (Å²) in [4.78, 5) is 0. The number of aryl methyl sites for hydroxylation is 1. The van der Waals surface area contributed by atoms with Crippen LogP contribution in [0.25, 0.3) is 0 Å². The van der Waals surface area contributed by atoms with Gasteiger partial charge in [-0.05, 0) is 50.6 Å². The molecular formula is C17H31N3. The van der Waals surface area contributed by atoms with Gasteiger partial charge in [-0.2, -0.15) is 5.10 Å². The molecule has 1 saturated carbocycles. The van der Waals surface area contributed by atoms with E-state index in [9.17, 15) is 0 Å². The summed E-state index contributed by atoms with van der Waals surface area (Å²) in [6.07, 6.45) is 11.1. The first-order chi connectivity index (χ1) is 9.70. The topological polar surface area (TPSA) is 29.9 Å². The lowest BCUT2D eigenvalue weighted by Gasteiger charge is -2.21. The lowest BCUT2D eigenvalue weighted by molar-refractivity contribution is 0.375. The largest absolute Gasteiger partial charge is 0.314 e. The zero-order valence-electron chi connectivity index (χ0n) is 13.4. The quantitative estimate of drug-likeness (QED) is 0.779. The van der Waals surface area contributed by atoms with Crippen molar-refractivity contribution in [2.24, 2.45) is 5.92 Å². The van der Waals surface area contributed by atoms with E-state index < -0.39 is 0 Å². The van der Waals surface area contributed by atoms with Crippen LogP contribution in [0.3, 0.4) is 0 Å². The Morgan fingerprint density at radius 1 is 1.35 bits per heavy atom. The molecule has 1 atom stereocenters. The van der Waals surface area contributed by atoms with Gasteiger partial charge < -0.3 is 5.32 Å². The van der Waals surface area contributed by atoms with Crippen molar-refractivity contribution >= 4 is 0 Å². The highest BCUT2D eigenvalue weighted by Gasteiger charge is 2.18. The van der Waals surface area contributed by atoms with E-state index in [0.717, 1.165) is 13.0 Å². The van der Waals surface area contributed by atoms with Crippen molar-refractivity contribution in [3.63, 3.8) is 0 Å². The van der Waals surface area contributed by atoms with Gasteiger partial charge >= 0.3 is 0 Å². The minimum Gasteiger partial charge on any atom is -0.314 e. The highest BCUT2D eigenvalue weighted by molar-refractivity contribution is 5.01. The zero-order valence-corrected chi connectivity index (χ0v) is 13.4. The Balaban J connectivity index is 1.82. The second kappa shape index (κ2) is 7.82. The Morgan fingerprint density at radius 3 is 2.75 bits per heavy atom. The van der Waals surface area contributed by atoms with E-state index in [2.05, 4.69) is 43.0 Å². The summed E-state index contributed by atoms with van der Waals surface area (Å²) in [5.41, 5.74) is 1.26. The van der Waals surface area contributed by atoms with Gasteiger partial charge in [0.05, 0.1) is 11.7 Å². The Labute approximate surface area is 124 Å². The Kier molecular flexibility index (Phi) is 6.08. The third-order valence-corrected chi connectivity index (χ3v) is 4.54. The molecule has 0 bridgehead atoms. The van der Waals surface area contributed by atoms with Crippen molar-refractivity contribution in [1.82, 2.24) is 15.1 Å². The van der Waals surface area contributed by atoms with Crippen LogP contribution < -0.4 is 5.32 Å². The third-order valence-electron chi connectivity index (χ3n) is 4.54. The molecule has 0 radical (unpaired) electrons. The maximum atomic E-state index is 4.79. The molecule has 2 rings (SSSR count). The lowest BCUT2D eigenvalue weighted by atomic mass is 9.98. The minimum atomic E-state index is 0.617. The predicted molar refractivity (Wildman–Crippen MR) is 85.0 cm³/mol. The number of rotatable bonds is 8. The molecule has 0 saturated heterocycles. The molecule has 1 aliphatic carbocycles. The van der Waals surface area contributed by atoms with E-state index in [0.29, 0.717) is 18.0 Å². The molecule has 1 unspecified atom stereocenters. The summed E-state index contributed by atoms with van der Waals surface area (Å²) < 4.78 is 2.21. The highest BCUT2D eigenvalue weighted by atomic mass is 15.3. The third kappa shape index (κ3) is 4.34. The van der Waals surface area contributed by atoms with Crippen LogP contribution in [0.1, 0.15) is 71.0 Å². The Morgan fingerprint density at radius 2 is 2.10 bits per heavy atom. The lowest BCUT2D eigenvalue weighted by Crippen LogP contribution is -2.34. The van der Waals surface area contributed by atoms with Gasteiger partial charge in [0.2, 0.25) is 0 Å². The van der Waals surface area contributed by atoms with Crippen LogP contribution >= 0.6 is 0 Å². The van der Waals surface area contributed by atoms with Gasteiger partial charge in [0.25, 0.3) is 0 Å². The van der Waals surface area contributed by atoms with Gasteiger partial charge in [-0.3, -0.25) is 4.68 Å². The van der Waals surface area contributed by atoms with Crippen LogP contribution in [0.4, 0.5) is 0 Å². The van der Waals surface area contributed by atoms with E-state index in [-0.39, 0.29) is 0 Å². The summed E-state index contributed by atoms with van der Waals surface area (Å²) >= 11 is 0. The summed E-state index contributed by atoms with van der Waals surface area (Å²) in [6, 6.07) is 3.50. The fourth-order valence-electron chi connectivity index (χ4n) is 3.19. The van der Waals surface area contributed by atoms with E-state index in [4.69, 9.17) is 5.10 Å². The molecule has 0 aromatic carbocycles. The fourth-order valence-corrected chi connectivity index (χ4v) is 3.19. The summed E-state index contributed by atoms with van der Waals surface area (Å²) in [6.45, 7) is 7.97. The molecule has 1 aromatic rings. The monoisotopic (exact) mass is 277 g/mol. The molecule has 0 amide bonds. The average molecular weight is 277 g/mol. The summed E-state index contributed by atoms with van der Waals surface area (Å²) in [5, 5.41) is 8.46. The molecule has 1 aromatic heterocycles. The number of hydrogen-bond donors (Lipinski definition) is 1. The van der Waals surface area contributed by atoms with E-state index in [1.54, 1.807) is 0 Å². The van der Waals surface area contributed by atoms with Crippen molar-refractivity contribution < 1.29 is 0 Å². The van der Waals surface area contributed by atoms with Crippen LogP contribution in [-0.2, 0) is 6.42 Å². The second-order valence-electron chi connectivity index (χ2n) is 6.57. The van der Waals surface area contributed by atoms with Crippen LogP contribution in [0, 0.1) is 5.92 Å². The fraction of sp³-hybridized carbons (Fsp3) is 0.824. The van der Waals surface area contributed by atoms with Crippen molar-refractivity contribution in [3.05, 3.63) is 18.0 Å². The number of nitrogens with one attached hydrogen (secondary N) is 1. The van der Waals surface area contributed by atoms with Gasteiger partial charge in [-0.1, -0.05) is 33.6 Å². The van der Waals surface area contributed by atoms with E-state index in [1.165, 1.54) is 44.2 Å². The molecule has 3 nitrogen and oxygen atoms in total. The summed E-state index contributed by atoms with van der Waals surface area (Å²) in [5.74, 6) is 0.693. The molecule has 0 aliphatic heterocycles.